The number of hydrogen-bond acceptors (Lipinski definition) is 7. The van der Waals surface area contributed by atoms with Gasteiger partial charge in [-0.05, 0) is 31.0 Å². The number of carbonyl (C=O) groups excluding carboxylic acids is 1. The van der Waals surface area contributed by atoms with E-state index in [4.69, 9.17) is 10.8 Å². The van der Waals surface area contributed by atoms with Crippen LogP contribution < -0.4 is 26.6 Å². The Morgan fingerprint density at radius 1 is 1.11 bits per heavy atom. The van der Waals surface area contributed by atoms with Gasteiger partial charge in [0.05, 0.1) is 11.6 Å². The summed E-state index contributed by atoms with van der Waals surface area (Å²) in [6, 6.07) is 2.98. The van der Waals surface area contributed by atoms with Crippen LogP contribution in [0.3, 0.4) is 0 Å². The largest absolute Gasteiger partial charge is 0.465 e. The number of aromatic nitrogens is 3. The van der Waals surface area contributed by atoms with Gasteiger partial charge in [0.2, 0.25) is 0 Å². The number of fused-ring (bicyclic) bond motifs is 1. The molecule has 0 bridgehead atoms. The molecular formula is C23H28F2N8O3. The number of hydrogen-bond donors (Lipinski definition) is 5. The Labute approximate surface area is 205 Å². The lowest BCUT2D eigenvalue weighted by Gasteiger charge is -2.32. The highest BCUT2D eigenvalue weighted by Gasteiger charge is 2.28. The summed E-state index contributed by atoms with van der Waals surface area (Å²) in [4.78, 5) is 29.2. The molecule has 11 nitrogen and oxygen atoms in total. The Morgan fingerprint density at radius 3 is 2.44 bits per heavy atom. The fourth-order valence-electron chi connectivity index (χ4n) is 4.57. The van der Waals surface area contributed by atoms with Crippen molar-refractivity contribution in [2.45, 2.75) is 37.8 Å². The zero-order valence-electron chi connectivity index (χ0n) is 20.1. The van der Waals surface area contributed by atoms with Crippen LogP contribution in [0.1, 0.15) is 36.0 Å². The highest BCUT2D eigenvalue weighted by molar-refractivity contribution is 5.99. The molecule has 4 rings (SSSR count). The van der Waals surface area contributed by atoms with Crippen molar-refractivity contribution >= 4 is 46.0 Å². The Balaban J connectivity index is 1.71. The summed E-state index contributed by atoms with van der Waals surface area (Å²) in [5.74, 6) is -2.01. The van der Waals surface area contributed by atoms with Gasteiger partial charge in [-0.15, -0.1) is 0 Å². The third kappa shape index (κ3) is 4.95. The monoisotopic (exact) mass is 502 g/mol. The molecule has 36 heavy (non-hydrogen) atoms. The number of anilines is 4. The minimum atomic E-state index is -1.17. The number of halogens is 2. The molecule has 0 saturated heterocycles. The molecule has 1 aromatic carbocycles. The Hall–Kier alpha value is -4.16. The maximum atomic E-state index is 15.0. The van der Waals surface area contributed by atoms with Crippen molar-refractivity contribution in [3.05, 3.63) is 35.4 Å². The number of primary amides is 1. The van der Waals surface area contributed by atoms with Crippen molar-refractivity contribution in [3.8, 4) is 0 Å². The van der Waals surface area contributed by atoms with Gasteiger partial charge in [-0.2, -0.15) is 5.10 Å². The number of nitrogens with zero attached hydrogens (tertiary/aromatic N) is 4. The second-order valence-electron chi connectivity index (χ2n) is 8.99. The van der Waals surface area contributed by atoms with E-state index in [9.17, 15) is 18.4 Å². The van der Waals surface area contributed by atoms with E-state index in [1.807, 2.05) is 0 Å². The number of rotatable bonds is 7. The fraction of sp³-hybridized carbons (Fsp3) is 0.391. The number of aryl methyl sites for hydroxylation is 1. The number of benzene rings is 1. The van der Waals surface area contributed by atoms with Gasteiger partial charge in [-0.3, -0.25) is 9.48 Å². The lowest BCUT2D eigenvalue weighted by atomic mass is 9.90. The second-order valence-corrected chi connectivity index (χ2v) is 8.99. The van der Waals surface area contributed by atoms with Crippen LogP contribution in [0, 0.1) is 11.6 Å². The maximum absolute atomic E-state index is 15.0. The second kappa shape index (κ2) is 9.84. The molecule has 1 aliphatic carbocycles. The van der Waals surface area contributed by atoms with E-state index in [0.717, 1.165) is 18.9 Å². The first-order valence-corrected chi connectivity index (χ1v) is 11.4. The van der Waals surface area contributed by atoms with E-state index in [-0.39, 0.29) is 22.9 Å². The van der Waals surface area contributed by atoms with Crippen LogP contribution in [-0.2, 0) is 7.05 Å². The molecular weight excluding hydrogens is 474 g/mol. The van der Waals surface area contributed by atoms with Crippen LogP contribution in [0.4, 0.5) is 36.7 Å². The molecule has 1 aliphatic rings. The van der Waals surface area contributed by atoms with E-state index in [2.05, 4.69) is 26.0 Å². The van der Waals surface area contributed by atoms with Crippen LogP contribution in [0.5, 0.6) is 0 Å². The molecule has 3 aromatic rings. The minimum Gasteiger partial charge on any atom is -0.465 e. The topological polar surface area (TPSA) is 150 Å². The van der Waals surface area contributed by atoms with Crippen molar-refractivity contribution in [2.24, 2.45) is 12.8 Å². The highest BCUT2D eigenvalue weighted by Crippen LogP contribution is 2.32. The molecule has 13 heteroatoms. The molecule has 2 amide bonds. The normalized spacial score (nSPS) is 17.6. The van der Waals surface area contributed by atoms with Gasteiger partial charge in [0.1, 0.15) is 11.3 Å². The molecule has 1 saturated carbocycles. The van der Waals surface area contributed by atoms with Gasteiger partial charge in [0.15, 0.2) is 23.3 Å². The Morgan fingerprint density at radius 2 is 1.81 bits per heavy atom. The van der Waals surface area contributed by atoms with Crippen molar-refractivity contribution in [2.75, 3.05) is 29.6 Å². The number of carboxylic acid groups (broad SMARTS) is 1. The van der Waals surface area contributed by atoms with E-state index >= 15 is 0 Å². The minimum absolute atomic E-state index is 0.0704. The van der Waals surface area contributed by atoms with Gasteiger partial charge in [-0.25, -0.2) is 18.6 Å². The first-order chi connectivity index (χ1) is 17.0. The van der Waals surface area contributed by atoms with E-state index < -0.39 is 35.7 Å². The third-order valence-electron chi connectivity index (χ3n) is 6.20. The zero-order valence-corrected chi connectivity index (χ0v) is 20.1. The SMILES string of the molecule is CN(C)c1nn(C)c2c(F)cc(Nc3nc(N[C@@H]4CCCC[C@@H]4NC(=O)O)c(F)cc3C(N)=O)cc12. The molecule has 0 unspecified atom stereocenters. The van der Waals surface area contributed by atoms with Crippen molar-refractivity contribution in [1.82, 2.24) is 20.1 Å². The third-order valence-corrected chi connectivity index (χ3v) is 6.20. The first-order valence-electron chi connectivity index (χ1n) is 11.4. The van der Waals surface area contributed by atoms with Crippen LogP contribution in [0.2, 0.25) is 0 Å². The van der Waals surface area contributed by atoms with Gasteiger partial charge in [-0.1, -0.05) is 12.8 Å². The number of pyridine rings is 1. The molecule has 6 N–H and O–H groups in total. The summed E-state index contributed by atoms with van der Waals surface area (Å²) >= 11 is 0. The standard InChI is InChI=1S/C23H28F2N8O3/c1-32(2)22-12-8-11(9-14(24)18(12)33(3)31-22)27-20-13(19(26)34)10-15(25)21(30-20)28-16-6-4-5-7-17(16)29-23(35)36/h8-10,16-17,29H,4-7H2,1-3H3,(H2,26,34)(H,35,36)(H2,27,28,30)/t16-,17+/m1/s1. The Bertz CT molecular complexity index is 1330. The van der Waals surface area contributed by atoms with Gasteiger partial charge in [0.25, 0.3) is 5.91 Å². The molecule has 2 heterocycles. The van der Waals surface area contributed by atoms with Gasteiger partial charge < -0.3 is 31.7 Å². The van der Waals surface area contributed by atoms with Crippen LogP contribution in [-0.4, -0.2) is 58.1 Å². The molecule has 0 spiro atoms. The molecule has 2 atom stereocenters. The molecule has 1 fully saturated rings. The number of nitrogens with one attached hydrogen (secondary N) is 3. The van der Waals surface area contributed by atoms with Crippen LogP contribution >= 0.6 is 0 Å². The lowest BCUT2D eigenvalue weighted by Crippen LogP contribution is -2.48. The maximum Gasteiger partial charge on any atom is 0.404 e. The van der Waals surface area contributed by atoms with Crippen LogP contribution in [0.25, 0.3) is 10.9 Å². The van der Waals surface area contributed by atoms with Crippen LogP contribution in [0.15, 0.2) is 18.2 Å². The number of amides is 2. The van der Waals surface area contributed by atoms with Crippen molar-refractivity contribution in [3.63, 3.8) is 0 Å². The molecule has 0 aliphatic heterocycles. The molecule has 192 valence electrons. The van der Waals surface area contributed by atoms with E-state index in [1.165, 1.54) is 10.7 Å². The number of carbonyl (C=O) groups is 2. The predicted molar refractivity (Wildman–Crippen MR) is 132 cm³/mol. The highest BCUT2D eigenvalue weighted by atomic mass is 19.1. The van der Waals surface area contributed by atoms with Crippen molar-refractivity contribution in [1.29, 1.82) is 0 Å². The average molecular weight is 503 g/mol. The summed E-state index contributed by atoms with van der Waals surface area (Å²) in [6.07, 6.45) is 1.69. The van der Waals surface area contributed by atoms with Gasteiger partial charge in [0, 0.05) is 38.3 Å². The summed E-state index contributed by atoms with van der Waals surface area (Å²) in [5.41, 5.74) is 5.79. The van der Waals surface area contributed by atoms with Crippen molar-refractivity contribution < 1.29 is 23.5 Å². The lowest BCUT2D eigenvalue weighted by molar-refractivity contribution is 0.1000. The number of nitrogens with two attached hydrogens (primary N) is 1. The smallest absolute Gasteiger partial charge is 0.404 e. The summed E-state index contributed by atoms with van der Waals surface area (Å²) in [6.45, 7) is 0. The Kier molecular flexibility index (Phi) is 6.82. The summed E-state index contributed by atoms with van der Waals surface area (Å²) < 4.78 is 31.3. The summed E-state index contributed by atoms with van der Waals surface area (Å²) in [7, 11) is 5.19. The van der Waals surface area contributed by atoms with E-state index in [1.54, 1.807) is 32.1 Å². The average Bonchev–Trinajstić information content (AvgIpc) is 3.13. The predicted octanol–water partition coefficient (Wildman–Crippen LogP) is 3.15. The fourth-order valence-corrected chi connectivity index (χ4v) is 4.57. The quantitative estimate of drug-likeness (QED) is 0.331. The summed E-state index contributed by atoms with van der Waals surface area (Å²) in [5, 5.41) is 22.3. The first kappa shape index (κ1) is 24.9. The van der Waals surface area contributed by atoms with E-state index in [0.29, 0.717) is 29.6 Å². The zero-order chi connectivity index (χ0) is 26.1. The van der Waals surface area contributed by atoms with Gasteiger partial charge >= 0.3 is 6.09 Å². The molecule has 2 aromatic heterocycles. The molecule has 0 radical (unpaired) electrons.